The molecule has 0 bridgehead atoms. The number of hydrogen-bond donors (Lipinski definition) is 0. The number of halogens is 3. The quantitative estimate of drug-likeness (QED) is 0.423. The minimum Gasteiger partial charge on any atom is -0.320 e. The van der Waals surface area contributed by atoms with Gasteiger partial charge in [0.2, 0.25) is 0 Å². The molecule has 6 nitrogen and oxygen atoms in total. The summed E-state index contributed by atoms with van der Waals surface area (Å²) < 4.78 is 43.9. The molecule has 0 saturated heterocycles. The van der Waals surface area contributed by atoms with Crippen LogP contribution in [0.1, 0.15) is 32.3 Å². The Bertz CT molecular complexity index is 1360. The maximum Gasteiger partial charge on any atom is 0.257 e. The molecule has 3 aromatic heterocycles. The smallest absolute Gasteiger partial charge is 0.257 e. The van der Waals surface area contributed by atoms with Gasteiger partial charge in [0.15, 0.2) is 0 Å². The number of aromatic nitrogens is 5. The molecule has 0 saturated carbocycles. The number of nitrogens with zero attached hydrogens (tertiary/aromatic N) is 6. The molecule has 9 heteroatoms. The Morgan fingerprint density at radius 1 is 1.16 bits per heavy atom. The molecule has 1 aromatic carbocycles. The molecule has 0 aliphatic carbocycles. The van der Waals surface area contributed by atoms with Gasteiger partial charge in [-0.15, -0.1) is 10.2 Å². The van der Waals surface area contributed by atoms with Gasteiger partial charge in [0, 0.05) is 17.3 Å². The molecule has 0 amide bonds. The molecule has 4 aromatic rings. The van der Waals surface area contributed by atoms with Gasteiger partial charge >= 0.3 is 0 Å². The lowest BCUT2D eigenvalue weighted by molar-refractivity contribution is 0.158. The monoisotopic (exact) mass is 438 g/mol. The maximum absolute atomic E-state index is 15.0. The van der Waals surface area contributed by atoms with E-state index in [2.05, 4.69) is 32.0 Å². The topological polar surface area (TPSA) is 59.2 Å². The Morgan fingerprint density at radius 3 is 2.66 bits per heavy atom. The molecular formula is C23H21F3N6. The first kappa shape index (κ1) is 21.6. The van der Waals surface area contributed by atoms with Crippen molar-refractivity contribution in [2.75, 3.05) is 11.4 Å². The molecule has 0 fully saturated rings. The molecule has 0 aliphatic heterocycles. The molecular weight excluding hydrogens is 417 g/mol. The van der Waals surface area contributed by atoms with Gasteiger partial charge in [0.1, 0.15) is 23.2 Å². The second kappa shape index (κ2) is 8.11. The lowest BCUT2D eigenvalue weighted by atomic mass is 9.98. The highest BCUT2D eigenvalue weighted by molar-refractivity contribution is 5.94. The van der Waals surface area contributed by atoms with Crippen molar-refractivity contribution in [2.45, 2.75) is 34.1 Å². The fraction of sp³-hybridized carbons (Fsp3) is 0.304. The fourth-order valence-electron chi connectivity index (χ4n) is 3.33. The molecule has 3 heterocycles. The van der Waals surface area contributed by atoms with Crippen molar-refractivity contribution in [1.82, 2.24) is 24.6 Å². The number of benzene rings is 1. The van der Waals surface area contributed by atoms with E-state index in [1.807, 2.05) is 20.8 Å². The number of hydrogen-bond acceptors (Lipinski definition) is 5. The van der Waals surface area contributed by atoms with E-state index in [4.69, 9.17) is 0 Å². The van der Waals surface area contributed by atoms with Crippen LogP contribution in [0.5, 0.6) is 0 Å². The normalized spacial score (nSPS) is 11.8. The average molecular weight is 438 g/mol. The van der Waals surface area contributed by atoms with E-state index in [-0.39, 0.29) is 22.4 Å². The number of anilines is 2. The predicted molar refractivity (Wildman–Crippen MR) is 117 cm³/mol. The van der Waals surface area contributed by atoms with E-state index >= 15 is 4.39 Å². The summed E-state index contributed by atoms with van der Waals surface area (Å²) >= 11 is 0. The minimum atomic E-state index is -2.70. The predicted octanol–water partition coefficient (Wildman–Crippen LogP) is 4.92. The van der Waals surface area contributed by atoms with Crippen molar-refractivity contribution >= 4 is 28.2 Å². The Balaban J connectivity index is 1.96. The zero-order chi connectivity index (χ0) is 23.0. The maximum atomic E-state index is 15.0. The summed E-state index contributed by atoms with van der Waals surface area (Å²) in [6, 6.07) is 7.66. The summed E-state index contributed by atoms with van der Waals surface area (Å²) in [6.45, 7) is 6.90. The van der Waals surface area contributed by atoms with Crippen LogP contribution in [-0.2, 0) is 0 Å². The molecule has 0 N–H and O–H groups in total. The Labute approximate surface area is 183 Å². The van der Waals surface area contributed by atoms with Gasteiger partial charge < -0.3 is 4.90 Å². The number of aryl methyl sites for hydroxylation is 1. The van der Waals surface area contributed by atoms with Gasteiger partial charge in [-0.2, -0.15) is 4.98 Å². The summed E-state index contributed by atoms with van der Waals surface area (Å²) in [5.74, 6) is 6.19. The molecule has 0 atom stereocenters. The molecule has 0 aliphatic rings. The largest absolute Gasteiger partial charge is 0.320 e. The van der Waals surface area contributed by atoms with Crippen LogP contribution in [0, 0.1) is 30.0 Å². The van der Waals surface area contributed by atoms with Crippen molar-refractivity contribution in [1.29, 1.82) is 0 Å². The van der Waals surface area contributed by atoms with Crippen molar-refractivity contribution in [3.63, 3.8) is 0 Å². The van der Waals surface area contributed by atoms with Gasteiger partial charge in [0.05, 0.1) is 17.4 Å². The highest BCUT2D eigenvalue weighted by Crippen LogP contribution is 2.34. The lowest BCUT2D eigenvalue weighted by Crippen LogP contribution is -2.26. The third kappa shape index (κ3) is 4.21. The van der Waals surface area contributed by atoms with Crippen LogP contribution in [0.25, 0.3) is 16.7 Å². The number of rotatable bonds is 4. The second-order valence-corrected chi connectivity index (χ2v) is 8.35. The molecule has 32 heavy (non-hydrogen) atoms. The lowest BCUT2D eigenvalue weighted by Gasteiger charge is -2.25. The van der Waals surface area contributed by atoms with E-state index in [1.54, 1.807) is 35.6 Å². The van der Waals surface area contributed by atoms with Crippen LogP contribution in [0.3, 0.4) is 0 Å². The number of pyridine rings is 1. The summed E-state index contributed by atoms with van der Waals surface area (Å²) in [5.41, 5.74) is 0.975. The molecule has 164 valence electrons. The van der Waals surface area contributed by atoms with E-state index < -0.39 is 18.8 Å². The second-order valence-electron chi connectivity index (χ2n) is 8.35. The van der Waals surface area contributed by atoms with Crippen molar-refractivity contribution < 1.29 is 13.2 Å². The zero-order valence-corrected chi connectivity index (χ0v) is 18.1. The van der Waals surface area contributed by atoms with E-state index in [9.17, 15) is 8.78 Å². The van der Waals surface area contributed by atoms with Crippen LogP contribution in [0.15, 0.2) is 36.5 Å². The van der Waals surface area contributed by atoms with Crippen molar-refractivity contribution in [3.05, 3.63) is 53.9 Å². The van der Waals surface area contributed by atoms with Crippen LogP contribution in [0.2, 0.25) is 0 Å². The van der Waals surface area contributed by atoms with E-state index in [0.29, 0.717) is 22.7 Å². The summed E-state index contributed by atoms with van der Waals surface area (Å²) in [6.07, 6.45) is -1.22. The Kier molecular flexibility index (Phi) is 5.46. The SMILES string of the molecule is Cc1nnc2nc(N(CC(F)F)c3ccnc(C#CC(C)(C)C)c3)c3c(F)cccc3n12. The van der Waals surface area contributed by atoms with Gasteiger partial charge in [-0.3, -0.25) is 4.40 Å². The van der Waals surface area contributed by atoms with E-state index in [1.165, 1.54) is 17.2 Å². The average Bonchev–Trinajstić information content (AvgIpc) is 3.11. The summed E-state index contributed by atoms with van der Waals surface area (Å²) in [5, 5.41) is 8.12. The Hall–Kier alpha value is -3.67. The highest BCUT2D eigenvalue weighted by atomic mass is 19.3. The van der Waals surface area contributed by atoms with Gasteiger partial charge in [0.25, 0.3) is 12.2 Å². The molecule has 0 unspecified atom stereocenters. The standard InChI is InChI=1S/C23H21F3N6/c1-14-29-30-22-28-21(20-17(24)6-5-7-18(20)32(14)22)31(13-19(25)26)16-9-11-27-15(12-16)8-10-23(2,3)4/h5-7,9,11-12,19H,13H2,1-4H3. The first-order chi connectivity index (χ1) is 15.1. The first-order valence-corrected chi connectivity index (χ1v) is 9.99. The minimum absolute atomic E-state index is 0.0271. The first-order valence-electron chi connectivity index (χ1n) is 9.99. The number of fused-ring (bicyclic) bond motifs is 3. The van der Waals surface area contributed by atoms with Crippen molar-refractivity contribution in [2.24, 2.45) is 5.41 Å². The van der Waals surface area contributed by atoms with Crippen molar-refractivity contribution in [3.8, 4) is 11.8 Å². The molecule has 4 rings (SSSR count). The highest BCUT2D eigenvalue weighted by Gasteiger charge is 2.23. The Morgan fingerprint density at radius 2 is 1.94 bits per heavy atom. The van der Waals surface area contributed by atoms with Gasteiger partial charge in [-0.1, -0.05) is 12.0 Å². The van der Waals surface area contributed by atoms with E-state index in [0.717, 1.165) is 0 Å². The van der Waals surface area contributed by atoms with Gasteiger partial charge in [-0.25, -0.2) is 18.2 Å². The van der Waals surface area contributed by atoms with Crippen LogP contribution in [0.4, 0.5) is 24.7 Å². The van der Waals surface area contributed by atoms with Crippen LogP contribution < -0.4 is 4.90 Å². The summed E-state index contributed by atoms with van der Waals surface area (Å²) in [4.78, 5) is 9.91. The van der Waals surface area contributed by atoms with Crippen LogP contribution in [-0.4, -0.2) is 37.5 Å². The molecule has 0 spiro atoms. The third-order valence-corrected chi connectivity index (χ3v) is 4.67. The summed E-state index contributed by atoms with van der Waals surface area (Å²) in [7, 11) is 0. The zero-order valence-electron chi connectivity index (χ0n) is 18.1. The number of alkyl halides is 2. The third-order valence-electron chi connectivity index (χ3n) is 4.67. The fourth-order valence-corrected chi connectivity index (χ4v) is 3.33. The van der Waals surface area contributed by atoms with Gasteiger partial charge in [-0.05, 0) is 57.9 Å². The van der Waals surface area contributed by atoms with Crippen LogP contribution >= 0.6 is 0 Å². The molecule has 0 radical (unpaired) electrons.